The van der Waals surface area contributed by atoms with Gasteiger partial charge in [0.1, 0.15) is 12.6 Å². The lowest BCUT2D eigenvalue weighted by atomic mass is 10.0. The number of carboxylic acids is 1. The molecule has 0 saturated carbocycles. The van der Waals surface area contributed by atoms with Gasteiger partial charge in [-0.05, 0) is 89.9 Å². The van der Waals surface area contributed by atoms with Crippen molar-refractivity contribution in [1.82, 2.24) is 0 Å². The number of aliphatic hydroxyl groups excluding tert-OH is 2. The smallest absolute Gasteiger partial charge is 0.472 e. The van der Waals surface area contributed by atoms with Gasteiger partial charge in [0.15, 0.2) is 6.10 Å². The predicted molar refractivity (Wildman–Crippen MR) is 247 cm³/mol. The normalized spacial score (nSPS) is 15.6. The molecule has 62 heavy (non-hydrogen) atoms. The van der Waals surface area contributed by atoms with Crippen LogP contribution in [0.2, 0.25) is 0 Å². The van der Waals surface area contributed by atoms with Crippen LogP contribution in [0.15, 0.2) is 97.2 Å². The maximum absolute atomic E-state index is 12.6. The van der Waals surface area contributed by atoms with Gasteiger partial charge < -0.3 is 35.4 Å². The van der Waals surface area contributed by atoms with Crippen molar-refractivity contribution in [3.05, 3.63) is 97.2 Å². The first-order chi connectivity index (χ1) is 29.9. The molecule has 13 nitrogen and oxygen atoms in total. The summed E-state index contributed by atoms with van der Waals surface area (Å²) in [5.41, 5.74) is 5.31. The number of carboxylic acid groups (broad SMARTS) is 1. The molecule has 0 aromatic rings. The first-order valence-corrected chi connectivity index (χ1v) is 23.9. The maximum atomic E-state index is 12.6. The average molecular weight is 892 g/mol. The first kappa shape index (κ1) is 58.3. The maximum Gasteiger partial charge on any atom is 0.472 e. The number of aliphatic carboxylic acids is 1. The minimum absolute atomic E-state index is 0.0285. The molecule has 0 aromatic carbocycles. The highest BCUT2D eigenvalue weighted by Crippen LogP contribution is 2.43. The molecule has 0 fully saturated rings. The number of esters is 2. The van der Waals surface area contributed by atoms with Crippen molar-refractivity contribution >= 4 is 25.7 Å². The van der Waals surface area contributed by atoms with Crippen LogP contribution in [0.1, 0.15) is 142 Å². The van der Waals surface area contributed by atoms with Gasteiger partial charge in [0.2, 0.25) is 0 Å². The molecular formula is C48H78NO12P. The van der Waals surface area contributed by atoms with Crippen LogP contribution in [0, 0.1) is 0 Å². The van der Waals surface area contributed by atoms with Crippen LogP contribution in [-0.4, -0.2) is 82.3 Å². The highest BCUT2D eigenvalue weighted by molar-refractivity contribution is 7.47. The van der Waals surface area contributed by atoms with Crippen LogP contribution < -0.4 is 5.73 Å². The van der Waals surface area contributed by atoms with Crippen LogP contribution in [0.3, 0.4) is 0 Å². The third-order valence-electron chi connectivity index (χ3n) is 9.02. The van der Waals surface area contributed by atoms with Gasteiger partial charge in [-0.1, -0.05) is 137 Å². The number of phosphoric acid groups is 1. The fourth-order valence-electron chi connectivity index (χ4n) is 5.33. The zero-order valence-electron chi connectivity index (χ0n) is 37.4. The quantitative estimate of drug-likeness (QED) is 0.0168. The molecule has 0 bridgehead atoms. The predicted octanol–water partition coefficient (Wildman–Crippen LogP) is 10.0. The largest absolute Gasteiger partial charge is 0.480 e. The Kier molecular flexibility index (Phi) is 38.9. The van der Waals surface area contributed by atoms with E-state index in [4.69, 9.17) is 24.8 Å². The number of allylic oxidation sites excluding steroid dienone is 15. The number of carbonyl (C=O) groups is 3. The highest BCUT2D eigenvalue weighted by Gasteiger charge is 2.28. The van der Waals surface area contributed by atoms with Crippen LogP contribution in [-0.2, 0) is 37.5 Å². The molecule has 0 rings (SSSR count). The highest BCUT2D eigenvalue weighted by atomic mass is 31.2. The molecule has 14 heteroatoms. The summed E-state index contributed by atoms with van der Waals surface area (Å²) in [6.45, 7) is 2.36. The van der Waals surface area contributed by atoms with E-state index < -0.39 is 69.9 Å². The van der Waals surface area contributed by atoms with Crippen molar-refractivity contribution in [2.24, 2.45) is 5.73 Å². The molecule has 0 aliphatic heterocycles. The molecule has 352 valence electrons. The Bertz CT molecular complexity index is 1450. The first-order valence-electron chi connectivity index (χ1n) is 22.4. The van der Waals surface area contributed by atoms with Crippen molar-refractivity contribution in [1.29, 1.82) is 0 Å². The fraction of sp³-hybridized carbons (Fsp3) is 0.604. The van der Waals surface area contributed by atoms with Gasteiger partial charge in [-0.25, -0.2) is 4.57 Å². The number of nitrogens with two attached hydrogens (primary N) is 1. The Hall–Kier alpha value is -3.68. The summed E-state index contributed by atoms with van der Waals surface area (Å²) in [6, 6.07) is -1.58. The van der Waals surface area contributed by atoms with E-state index in [0.29, 0.717) is 19.3 Å². The van der Waals surface area contributed by atoms with Crippen LogP contribution >= 0.6 is 7.82 Å². The molecule has 3 unspecified atom stereocenters. The minimum atomic E-state index is -4.81. The summed E-state index contributed by atoms with van der Waals surface area (Å²) in [5, 5.41) is 29.6. The molecule has 0 heterocycles. The Morgan fingerprint density at radius 1 is 0.565 bits per heavy atom. The number of unbranched alkanes of at least 4 members (excludes halogenated alkanes) is 6. The number of rotatable bonds is 40. The number of hydrogen-bond donors (Lipinski definition) is 5. The molecule has 0 radical (unpaired) electrons. The average Bonchev–Trinajstić information content (AvgIpc) is 3.24. The van der Waals surface area contributed by atoms with Crippen LogP contribution in [0.25, 0.3) is 0 Å². The van der Waals surface area contributed by atoms with Gasteiger partial charge in [-0.2, -0.15) is 0 Å². The van der Waals surface area contributed by atoms with Crippen molar-refractivity contribution in [3.8, 4) is 0 Å². The second-order valence-corrected chi connectivity index (χ2v) is 16.2. The Morgan fingerprint density at radius 3 is 1.50 bits per heavy atom. The molecule has 6 N–H and O–H groups in total. The van der Waals surface area contributed by atoms with E-state index in [2.05, 4.69) is 79.1 Å². The summed E-state index contributed by atoms with van der Waals surface area (Å²) in [7, 11) is -4.81. The molecule has 5 atom stereocenters. The summed E-state index contributed by atoms with van der Waals surface area (Å²) in [5.74, 6) is -2.82. The molecule has 0 amide bonds. The minimum Gasteiger partial charge on any atom is -0.480 e. The molecule has 0 aromatic heterocycles. The van der Waals surface area contributed by atoms with Crippen molar-refractivity contribution in [2.75, 3.05) is 19.8 Å². The second kappa shape index (κ2) is 41.3. The Morgan fingerprint density at radius 2 is 1.02 bits per heavy atom. The summed E-state index contributed by atoms with van der Waals surface area (Å²) < 4.78 is 32.4. The Labute approximate surface area is 371 Å². The lowest BCUT2D eigenvalue weighted by molar-refractivity contribution is -0.161. The van der Waals surface area contributed by atoms with E-state index in [0.717, 1.165) is 38.5 Å². The van der Waals surface area contributed by atoms with Gasteiger partial charge in [0.05, 0.1) is 25.4 Å². The standard InChI is InChI=1S/C48H78NO12P/c1-3-5-7-9-11-13-15-17-18-19-20-21-22-23-25-27-29-31-33-37-47(53)61-42(40-59-62(56,57)60-41-43(49)48(54)55)39-58-46(52)38-34-36-45(51)44(50)35-32-30-28-26-24-16-14-12-10-8-6-4-2/h11-14,17-18,20-21,23-26,29-32,42-45,50-51H,3-10,15-16,19,22,27-28,33-41,49H2,1-2H3,(H,54,55)(H,56,57)/b13-11-,14-12-,18-17-,21-20-,25-23-,26-24-,31-29-,32-30-/t42-,43+,44?,45?/m1/s1. The third kappa shape index (κ3) is 39.2. The third-order valence-corrected chi connectivity index (χ3v) is 9.97. The van der Waals surface area contributed by atoms with E-state index in [1.54, 1.807) is 6.08 Å². The number of aliphatic hydroxyl groups is 2. The van der Waals surface area contributed by atoms with Gasteiger partial charge in [0.25, 0.3) is 0 Å². The second-order valence-electron chi connectivity index (χ2n) is 14.8. The molecular weight excluding hydrogens is 813 g/mol. The molecule has 0 aliphatic rings. The van der Waals surface area contributed by atoms with Gasteiger partial charge in [-0.3, -0.25) is 23.4 Å². The molecule has 0 aliphatic carbocycles. The lowest BCUT2D eigenvalue weighted by Crippen LogP contribution is -2.34. The Balaban J connectivity index is 4.72. The number of carbonyl (C=O) groups excluding carboxylic acids is 2. The van der Waals surface area contributed by atoms with Gasteiger partial charge >= 0.3 is 25.7 Å². The van der Waals surface area contributed by atoms with Gasteiger partial charge in [0, 0.05) is 12.8 Å². The topological polar surface area (TPSA) is 212 Å². The molecule has 0 spiro atoms. The van der Waals surface area contributed by atoms with E-state index in [1.165, 1.54) is 38.5 Å². The SMILES string of the molecule is CCCCC/C=C\C/C=C\C/C=C\C/C=C\C/C=C\CCC(=O)O[C@H](COC(=O)CCCC(O)C(O)C/C=C\C/C=C\C/C=C\CCCCC)COP(=O)(O)OC[C@H](N)C(=O)O. The summed E-state index contributed by atoms with van der Waals surface area (Å²) in [6.07, 6.45) is 45.2. The monoisotopic (exact) mass is 892 g/mol. The fourth-order valence-corrected chi connectivity index (χ4v) is 6.10. The number of hydrogen-bond acceptors (Lipinski definition) is 11. The summed E-state index contributed by atoms with van der Waals surface area (Å²) in [4.78, 5) is 46.0. The van der Waals surface area contributed by atoms with Crippen LogP contribution in [0.5, 0.6) is 0 Å². The van der Waals surface area contributed by atoms with E-state index in [-0.39, 0.29) is 32.1 Å². The van der Waals surface area contributed by atoms with Crippen molar-refractivity contribution < 1.29 is 57.7 Å². The van der Waals surface area contributed by atoms with Gasteiger partial charge in [-0.15, -0.1) is 0 Å². The number of ether oxygens (including phenoxy) is 2. The van der Waals surface area contributed by atoms with Crippen molar-refractivity contribution in [2.45, 2.75) is 167 Å². The van der Waals surface area contributed by atoms with E-state index in [1.807, 2.05) is 30.4 Å². The lowest BCUT2D eigenvalue weighted by Gasteiger charge is -2.20. The molecule has 0 saturated heterocycles. The van der Waals surface area contributed by atoms with E-state index in [9.17, 15) is 34.1 Å². The number of phosphoric ester groups is 1. The van der Waals surface area contributed by atoms with Crippen LogP contribution in [0.4, 0.5) is 0 Å². The zero-order valence-corrected chi connectivity index (χ0v) is 38.3. The van der Waals surface area contributed by atoms with E-state index >= 15 is 0 Å². The van der Waals surface area contributed by atoms with Crippen molar-refractivity contribution in [3.63, 3.8) is 0 Å². The summed E-state index contributed by atoms with van der Waals surface area (Å²) >= 11 is 0. The zero-order chi connectivity index (χ0) is 45.9.